The zero-order valence-electron chi connectivity index (χ0n) is 8.99. The summed E-state index contributed by atoms with van der Waals surface area (Å²) in [5.41, 5.74) is -2.00. The van der Waals surface area contributed by atoms with Gasteiger partial charge in [-0.25, -0.2) is 9.59 Å². The Morgan fingerprint density at radius 1 is 1.44 bits per heavy atom. The maximum atomic E-state index is 11.9. The number of halogens is 2. The second-order valence-electron chi connectivity index (χ2n) is 3.16. The molecule has 2 unspecified atom stereocenters. The van der Waals surface area contributed by atoms with E-state index in [4.69, 9.17) is 5.11 Å². The highest BCUT2D eigenvalue weighted by Crippen LogP contribution is 2.17. The molecule has 2 atom stereocenters. The van der Waals surface area contributed by atoms with Crippen LogP contribution in [0.5, 0.6) is 0 Å². The van der Waals surface area contributed by atoms with Crippen LogP contribution in [0.4, 0.5) is 13.6 Å². The maximum absolute atomic E-state index is 11.9. The van der Waals surface area contributed by atoms with Crippen LogP contribution in [-0.4, -0.2) is 42.5 Å². The Morgan fingerprint density at radius 2 is 1.94 bits per heavy atom. The molecule has 0 saturated heterocycles. The number of alkyl carbamates (subject to hydrolysis) is 1. The summed E-state index contributed by atoms with van der Waals surface area (Å²) < 4.78 is 32.1. The van der Waals surface area contributed by atoms with Crippen LogP contribution >= 0.6 is 0 Å². The van der Waals surface area contributed by atoms with Gasteiger partial charge in [-0.15, -0.1) is 0 Å². The van der Waals surface area contributed by atoms with E-state index in [9.17, 15) is 18.4 Å². The van der Waals surface area contributed by atoms with Crippen LogP contribution in [0, 0.1) is 0 Å². The van der Waals surface area contributed by atoms with Crippen molar-refractivity contribution in [3.8, 4) is 0 Å². The monoisotopic (exact) mass is 241 g/mol. The summed E-state index contributed by atoms with van der Waals surface area (Å²) >= 11 is 0. The van der Waals surface area contributed by atoms with Crippen molar-refractivity contribution in [3.63, 3.8) is 0 Å². The van der Waals surface area contributed by atoms with Gasteiger partial charge in [0.15, 0.2) is 5.54 Å². The molecule has 0 aromatic rings. The van der Waals surface area contributed by atoms with Crippen LogP contribution in [0.25, 0.3) is 0 Å². The predicted octanol–water partition coefficient (Wildman–Crippen LogP) is 0.813. The number of alkyl halides is 2. The second-order valence-corrected chi connectivity index (χ2v) is 3.16. The zero-order chi connectivity index (χ0) is 12.9. The highest BCUT2D eigenvalue weighted by molar-refractivity contribution is 5.84. The van der Waals surface area contributed by atoms with E-state index in [0.717, 1.165) is 21.0 Å². The number of carbonyl (C=O) groups is 2. The first-order valence-electron chi connectivity index (χ1n) is 4.27. The Labute approximate surface area is 90.5 Å². The molecule has 94 valence electrons. The second kappa shape index (κ2) is 5.59. The number of hydrogen-bond acceptors (Lipinski definition) is 4. The van der Waals surface area contributed by atoms with Crippen molar-refractivity contribution in [2.75, 3.05) is 7.11 Å². The van der Waals surface area contributed by atoms with Gasteiger partial charge in [0, 0.05) is 0 Å². The number of aliphatic carboxylic acids is 1. The summed E-state index contributed by atoms with van der Waals surface area (Å²) in [7, 11) is 1.02. The highest BCUT2D eigenvalue weighted by atomic mass is 19.3. The first kappa shape index (κ1) is 14.6. The average molecular weight is 241 g/mol. The van der Waals surface area contributed by atoms with Gasteiger partial charge in [-0.2, -0.15) is 8.78 Å². The number of rotatable bonds is 5. The molecule has 1 amide bonds. The van der Waals surface area contributed by atoms with Gasteiger partial charge in [0.2, 0.25) is 0 Å². The van der Waals surface area contributed by atoms with Crippen LogP contribution in [0.3, 0.4) is 0 Å². The lowest BCUT2D eigenvalue weighted by atomic mass is 9.96. The molecule has 0 aliphatic heterocycles. The molecule has 0 aromatic heterocycles. The third-order valence-electron chi connectivity index (χ3n) is 2.11. The number of carbonyl (C=O) groups excluding carboxylic acids is 1. The van der Waals surface area contributed by atoms with E-state index in [0.29, 0.717) is 0 Å². The topological polar surface area (TPSA) is 84.9 Å². The molecule has 16 heavy (non-hydrogen) atoms. The lowest BCUT2D eigenvalue weighted by molar-refractivity contribution is -0.186. The smallest absolute Gasteiger partial charge is 0.407 e. The molecule has 2 N–H and O–H groups in total. The fraction of sp³-hybridized carbons (Fsp3) is 0.750. The van der Waals surface area contributed by atoms with Gasteiger partial charge in [0.1, 0.15) is 0 Å². The SMILES string of the molecule is COC(=O)NC(C)(C(=O)O)C(C)OC(F)F. The molecule has 0 heterocycles. The third-order valence-corrected chi connectivity index (χ3v) is 2.11. The molecule has 0 spiro atoms. The Balaban J connectivity index is 4.81. The van der Waals surface area contributed by atoms with E-state index in [2.05, 4.69) is 9.47 Å². The minimum absolute atomic E-state index is 1.02. The normalized spacial score (nSPS) is 16.4. The Bertz CT molecular complexity index is 273. The van der Waals surface area contributed by atoms with Gasteiger partial charge < -0.3 is 19.9 Å². The number of methoxy groups -OCH3 is 1. The number of nitrogens with one attached hydrogen (secondary N) is 1. The molecule has 0 bridgehead atoms. The molecule has 0 fully saturated rings. The summed E-state index contributed by atoms with van der Waals surface area (Å²) in [6.07, 6.45) is -2.47. The molecule has 0 aliphatic carbocycles. The van der Waals surface area contributed by atoms with E-state index >= 15 is 0 Å². The Kier molecular flexibility index (Phi) is 5.09. The fourth-order valence-corrected chi connectivity index (χ4v) is 0.882. The number of carboxylic acid groups (broad SMARTS) is 1. The van der Waals surface area contributed by atoms with Gasteiger partial charge in [-0.05, 0) is 13.8 Å². The van der Waals surface area contributed by atoms with Gasteiger partial charge in [-0.3, -0.25) is 0 Å². The number of carboxylic acids is 1. The standard InChI is InChI=1S/C8H13F2NO5/c1-4(16-6(9)10)8(2,5(12)13)11-7(14)15-3/h4,6H,1-3H3,(H,11,14)(H,12,13). The Hall–Kier alpha value is -1.44. The fourth-order valence-electron chi connectivity index (χ4n) is 0.882. The Morgan fingerprint density at radius 3 is 2.25 bits per heavy atom. The van der Waals surface area contributed by atoms with Crippen molar-refractivity contribution in [1.29, 1.82) is 0 Å². The van der Waals surface area contributed by atoms with Crippen LogP contribution in [0.15, 0.2) is 0 Å². The molecule has 0 radical (unpaired) electrons. The number of hydrogen-bond donors (Lipinski definition) is 2. The average Bonchev–Trinajstić information content (AvgIpc) is 2.15. The van der Waals surface area contributed by atoms with E-state index in [1.807, 2.05) is 5.32 Å². The first-order valence-corrected chi connectivity index (χ1v) is 4.27. The molecule has 6 nitrogen and oxygen atoms in total. The summed E-state index contributed by atoms with van der Waals surface area (Å²) in [6, 6.07) is 0. The minimum atomic E-state index is -3.13. The van der Waals surface area contributed by atoms with Crippen LogP contribution in [0.1, 0.15) is 13.8 Å². The highest BCUT2D eigenvalue weighted by Gasteiger charge is 2.43. The molecular weight excluding hydrogens is 228 g/mol. The number of amides is 1. The van der Waals surface area contributed by atoms with Crippen molar-refractivity contribution in [3.05, 3.63) is 0 Å². The zero-order valence-corrected chi connectivity index (χ0v) is 8.99. The van der Waals surface area contributed by atoms with E-state index in [1.165, 1.54) is 0 Å². The first-order chi connectivity index (χ1) is 7.24. The maximum Gasteiger partial charge on any atom is 0.407 e. The van der Waals surface area contributed by atoms with Crippen molar-refractivity contribution in [2.45, 2.75) is 32.1 Å². The van der Waals surface area contributed by atoms with Crippen molar-refractivity contribution in [2.24, 2.45) is 0 Å². The lowest BCUT2D eigenvalue weighted by Crippen LogP contribution is -2.60. The van der Waals surface area contributed by atoms with E-state index < -0.39 is 30.3 Å². The van der Waals surface area contributed by atoms with Crippen LogP contribution < -0.4 is 5.32 Å². The summed E-state index contributed by atoms with van der Waals surface area (Å²) in [4.78, 5) is 21.8. The largest absolute Gasteiger partial charge is 0.479 e. The minimum Gasteiger partial charge on any atom is -0.479 e. The molecule has 0 saturated carbocycles. The summed E-state index contributed by atoms with van der Waals surface area (Å²) in [6.45, 7) is -0.983. The van der Waals surface area contributed by atoms with Gasteiger partial charge in [0.05, 0.1) is 13.2 Å². The predicted molar refractivity (Wildman–Crippen MR) is 48.1 cm³/mol. The third kappa shape index (κ3) is 3.61. The molecular formula is C8H13F2NO5. The van der Waals surface area contributed by atoms with E-state index in [1.54, 1.807) is 0 Å². The molecule has 0 aliphatic rings. The van der Waals surface area contributed by atoms with Gasteiger partial charge >= 0.3 is 18.7 Å². The summed E-state index contributed by atoms with van der Waals surface area (Å²) in [5.74, 6) is -1.51. The lowest BCUT2D eigenvalue weighted by Gasteiger charge is -2.31. The van der Waals surface area contributed by atoms with Crippen molar-refractivity contribution < 1.29 is 33.0 Å². The van der Waals surface area contributed by atoms with E-state index in [-0.39, 0.29) is 0 Å². The molecule has 0 rings (SSSR count). The van der Waals surface area contributed by atoms with Gasteiger partial charge in [-0.1, -0.05) is 0 Å². The van der Waals surface area contributed by atoms with Crippen molar-refractivity contribution in [1.82, 2.24) is 5.32 Å². The number of ether oxygens (including phenoxy) is 2. The quantitative estimate of drug-likeness (QED) is 0.744. The molecule has 0 aromatic carbocycles. The van der Waals surface area contributed by atoms with Gasteiger partial charge in [0.25, 0.3) is 0 Å². The summed E-state index contributed by atoms with van der Waals surface area (Å²) in [5, 5.41) is 10.8. The van der Waals surface area contributed by atoms with Crippen molar-refractivity contribution >= 4 is 12.1 Å². The van der Waals surface area contributed by atoms with Crippen LogP contribution in [-0.2, 0) is 14.3 Å². The van der Waals surface area contributed by atoms with Crippen LogP contribution in [0.2, 0.25) is 0 Å². The molecule has 8 heteroatoms.